The van der Waals surface area contributed by atoms with Crippen LogP contribution < -0.4 is 5.32 Å². The maximum Gasteiger partial charge on any atom is 0.307 e. The molecule has 1 atom stereocenters. The van der Waals surface area contributed by atoms with E-state index in [9.17, 15) is 19.2 Å². The number of amides is 3. The van der Waals surface area contributed by atoms with Crippen LogP contribution in [0.4, 0.5) is 0 Å². The fraction of sp³-hybridized carbons (Fsp3) is 0.167. The van der Waals surface area contributed by atoms with E-state index in [-0.39, 0.29) is 29.7 Å². The molecule has 8 heteroatoms. The molecule has 0 saturated heterocycles. The molecule has 0 bridgehead atoms. The van der Waals surface area contributed by atoms with Crippen LogP contribution in [0.1, 0.15) is 54.9 Å². The monoisotopic (exact) mass is 432 g/mol. The highest BCUT2D eigenvalue weighted by atomic mass is 16.5. The minimum absolute atomic E-state index is 0.0100. The SMILES string of the molecule is COC(=O)C[C@@H](NC(=O)c1ccc2c(c1)C(=O)N(Cc1ccco1)C2=O)c1ccccc1. The lowest BCUT2D eigenvalue weighted by Crippen LogP contribution is -2.30. The Morgan fingerprint density at radius 2 is 1.75 bits per heavy atom. The number of carbonyl (C=O) groups is 4. The van der Waals surface area contributed by atoms with Crippen LogP contribution in [0.5, 0.6) is 0 Å². The summed E-state index contributed by atoms with van der Waals surface area (Å²) in [6.45, 7) is 0.0100. The molecular weight excluding hydrogens is 412 g/mol. The summed E-state index contributed by atoms with van der Waals surface area (Å²) in [6.07, 6.45) is 1.42. The number of furan rings is 1. The van der Waals surface area contributed by atoms with Gasteiger partial charge in [-0.2, -0.15) is 0 Å². The van der Waals surface area contributed by atoms with E-state index in [1.165, 1.54) is 31.6 Å². The zero-order valence-electron chi connectivity index (χ0n) is 17.2. The van der Waals surface area contributed by atoms with Crippen molar-refractivity contribution in [2.24, 2.45) is 0 Å². The third-order valence-electron chi connectivity index (χ3n) is 5.23. The van der Waals surface area contributed by atoms with E-state index in [0.29, 0.717) is 5.76 Å². The number of methoxy groups -OCH3 is 1. The molecule has 1 N–H and O–H groups in total. The molecule has 2 aromatic carbocycles. The van der Waals surface area contributed by atoms with Gasteiger partial charge in [0.05, 0.1) is 43.5 Å². The first kappa shape index (κ1) is 21.0. The first-order valence-electron chi connectivity index (χ1n) is 9.93. The summed E-state index contributed by atoms with van der Waals surface area (Å²) in [6, 6.07) is 16.1. The van der Waals surface area contributed by atoms with Crippen molar-refractivity contribution < 1.29 is 28.3 Å². The summed E-state index contributed by atoms with van der Waals surface area (Å²) in [5, 5.41) is 2.82. The lowest BCUT2D eigenvalue weighted by molar-refractivity contribution is -0.141. The predicted molar refractivity (Wildman–Crippen MR) is 113 cm³/mol. The number of hydrogen-bond acceptors (Lipinski definition) is 6. The Labute approximate surface area is 183 Å². The number of nitrogens with zero attached hydrogens (tertiary/aromatic N) is 1. The van der Waals surface area contributed by atoms with Gasteiger partial charge in [-0.3, -0.25) is 24.1 Å². The van der Waals surface area contributed by atoms with Gasteiger partial charge in [0.1, 0.15) is 5.76 Å². The second-order valence-electron chi connectivity index (χ2n) is 7.25. The summed E-state index contributed by atoms with van der Waals surface area (Å²) < 4.78 is 9.98. The molecule has 0 unspecified atom stereocenters. The normalized spacial score (nSPS) is 13.6. The minimum Gasteiger partial charge on any atom is -0.469 e. The van der Waals surface area contributed by atoms with E-state index in [1.807, 2.05) is 6.07 Å². The maximum absolute atomic E-state index is 12.9. The zero-order chi connectivity index (χ0) is 22.7. The minimum atomic E-state index is -0.614. The molecule has 162 valence electrons. The third kappa shape index (κ3) is 4.15. The van der Waals surface area contributed by atoms with Crippen molar-refractivity contribution in [2.75, 3.05) is 7.11 Å². The Morgan fingerprint density at radius 1 is 1.00 bits per heavy atom. The van der Waals surface area contributed by atoms with Crippen LogP contribution in [0.3, 0.4) is 0 Å². The highest BCUT2D eigenvalue weighted by molar-refractivity contribution is 6.22. The molecule has 1 aliphatic rings. The number of esters is 1. The van der Waals surface area contributed by atoms with E-state index in [0.717, 1.165) is 10.5 Å². The molecule has 0 fully saturated rings. The number of imide groups is 1. The lowest BCUT2D eigenvalue weighted by atomic mass is 10.0. The molecule has 0 aliphatic carbocycles. The van der Waals surface area contributed by atoms with Crippen molar-refractivity contribution in [3.05, 3.63) is 94.9 Å². The van der Waals surface area contributed by atoms with Crippen LogP contribution in [0, 0.1) is 0 Å². The lowest BCUT2D eigenvalue weighted by Gasteiger charge is -2.18. The average molecular weight is 432 g/mol. The van der Waals surface area contributed by atoms with Crippen molar-refractivity contribution in [3.63, 3.8) is 0 Å². The van der Waals surface area contributed by atoms with Crippen LogP contribution in [-0.4, -0.2) is 35.7 Å². The molecule has 3 amide bonds. The molecule has 1 aliphatic heterocycles. The summed E-state index contributed by atoms with van der Waals surface area (Å²) in [5.74, 6) is -1.41. The molecule has 2 heterocycles. The van der Waals surface area contributed by atoms with E-state index in [2.05, 4.69) is 5.32 Å². The standard InChI is InChI=1S/C24H20N2O6/c1-31-21(27)13-20(15-6-3-2-4-7-15)25-22(28)16-9-10-18-19(12-16)24(30)26(23(18)29)14-17-8-5-11-32-17/h2-12,20H,13-14H2,1H3,(H,25,28)/t20-/m1/s1. The molecule has 32 heavy (non-hydrogen) atoms. The maximum atomic E-state index is 12.9. The quantitative estimate of drug-likeness (QED) is 0.454. The van der Waals surface area contributed by atoms with Crippen LogP contribution in [0.15, 0.2) is 71.3 Å². The Hall–Kier alpha value is -4.20. The highest BCUT2D eigenvalue weighted by Gasteiger charge is 2.36. The number of carbonyl (C=O) groups excluding carboxylic acids is 4. The van der Waals surface area contributed by atoms with E-state index >= 15 is 0 Å². The summed E-state index contributed by atoms with van der Waals surface area (Å²) in [7, 11) is 1.28. The van der Waals surface area contributed by atoms with E-state index in [1.54, 1.807) is 36.4 Å². The highest BCUT2D eigenvalue weighted by Crippen LogP contribution is 2.26. The molecule has 0 saturated carbocycles. The van der Waals surface area contributed by atoms with Gasteiger partial charge in [-0.25, -0.2) is 0 Å². The van der Waals surface area contributed by atoms with Crippen molar-refractivity contribution in [1.82, 2.24) is 10.2 Å². The van der Waals surface area contributed by atoms with Crippen LogP contribution in [0.2, 0.25) is 0 Å². The van der Waals surface area contributed by atoms with Crippen molar-refractivity contribution in [3.8, 4) is 0 Å². The van der Waals surface area contributed by atoms with E-state index in [4.69, 9.17) is 9.15 Å². The zero-order valence-corrected chi connectivity index (χ0v) is 17.2. The summed E-state index contributed by atoms with van der Waals surface area (Å²) in [5.41, 5.74) is 1.32. The van der Waals surface area contributed by atoms with Gasteiger partial charge >= 0.3 is 5.97 Å². The molecular formula is C24H20N2O6. The first-order valence-corrected chi connectivity index (χ1v) is 9.93. The van der Waals surface area contributed by atoms with Crippen molar-refractivity contribution >= 4 is 23.7 Å². The Morgan fingerprint density at radius 3 is 2.44 bits per heavy atom. The Kier molecular flexibility index (Phi) is 5.85. The Balaban J connectivity index is 1.55. The van der Waals surface area contributed by atoms with Crippen molar-refractivity contribution in [1.29, 1.82) is 0 Å². The molecule has 1 aromatic heterocycles. The second kappa shape index (κ2) is 8.89. The molecule has 0 spiro atoms. The largest absolute Gasteiger partial charge is 0.469 e. The van der Waals surface area contributed by atoms with Gasteiger partial charge in [-0.15, -0.1) is 0 Å². The average Bonchev–Trinajstić information content (AvgIpc) is 3.41. The van der Waals surface area contributed by atoms with Crippen LogP contribution in [-0.2, 0) is 16.1 Å². The number of nitrogens with one attached hydrogen (secondary N) is 1. The number of rotatable bonds is 7. The first-order chi connectivity index (χ1) is 15.5. The summed E-state index contributed by atoms with van der Waals surface area (Å²) in [4.78, 5) is 51.3. The topological polar surface area (TPSA) is 106 Å². The predicted octanol–water partition coefficient (Wildman–Crippen LogP) is 3.11. The van der Waals surface area contributed by atoms with Gasteiger partial charge in [-0.1, -0.05) is 30.3 Å². The van der Waals surface area contributed by atoms with E-state index < -0.39 is 29.7 Å². The van der Waals surface area contributed by atoms with Crippen LogP contribution >= 0.6 is 0 Å². The number of hydrogen-bond donors (Lipinski definition) is 1. The third-order valence-corrected chi connectivity index (χ3v) is 5.23. The number of fused-ring (bicyclic) bond motifs is 1. The molecule has 8 nitrogen and oxygen atoms in total. The smallest absolute Gasteiger partial charge is 0.307 e. The second-order valence-corrected chi connectivity index (χ2v) is 7.25. The van der Waals surface area contributed by atoms with Gasteiger partial charge in [-0.05, 0) is 35.9 Å². The fourth-order valence-corrected chi connectivity index (χ4v) is 3.56. The fourth-order valence-electron chi connectivity index (χ4n) is 3.56. The van der Waals surface area contributed by atoms with Crippen molar-refractivity contribution in [2.45, 2.75) is 19.0 Å². The summed E-state index contributed by atoms with van der Waals surface area (Å²) >= 11 is 0. The van der Waals surface area contributed by atoms with Crippen LogP contribution in [0.25, 0.3) is 0 Å². The van der Waals surface area contributed by atoms with Gasteiger partial charge in [0.2, 0.25) is 0 Å². The Bertz CT molecular complexity index is 1170. The van der Waals surface area contributed by atoms with Gasteiger partial charge < -0.3 is 14.5 Å². The number of benzene rings is 2. The number of ether oxygens (including phenoxy) is 1. The van der Waals surface area contributed by atoms with Gasteiger partial charge in [0, 0.05) is 5.56 Å². The molecule has 3 aromatic rings. The van der Waals surface area contributed by atoms with Gasteiger partial charge in [0.25, 0.3) is 17.7 Å². The molecule has 4 rings (SSSR count). The molecule has 0 radical (unpaired) electrons. The van der Waals surface area contributed by atoms with Gasteiger partial charge in [0.15, 0.2) is 0 Å².